The lowest BCUT2D eigenvalue weighted by Crippen LogP contribution is -2.43. The number of guanidine groups is 1. The highest BCUT2D eigenvalue weighted by Gasteiger charge is 2.20. The van der Waals surface area contributed by atoms with E-state index < -0.39 is 0 Å². The summed E-state index contributed by atoms with van der Waals surface area (Å²) in [6.45, 7) is 8.64. The van der Waals surface area contributed by atoms with Gasteiger partial charge in [-0.1, -0.05) is 18.2 Å². The van der Waals surface area contributed by atoms with E-state index in [9.17, 15) is 4.39 Å². The number of benzene rings is 1. The summed E-state index contributed by atoms with van der Waals surface area (Å²) in [4.78, 5) is 12.6. The molecule has 5 nitrogen and oxygen atoms in total. The van der Waals surface area contributed by atoms with E-state index in [1.54, 1.807) is 23.5 Å². The van der Waals surface area contributed by atoms with Crippen LogP contribution in [0.1, 0.15) is 34.0 Å². The van der Waals surface area contributed by atoms with Crippen molar-refractivity contribution in [1.82, 2.24) is 20.5 Å². The normalized spacial score (nSPS) is 16.2. The van der Waals surface area contributed by atoms with Gasteiger partial charge < -0.3 is 10.6 Å². The minimum absolute atomic E-state index is 0.103. The molecule has 3 rings (SSSR count). The molecule has 1 aliphatic rings. The van der Waals surface area contributed by atoms with Crippen molar-refractivity contribution < 1.29 is 4.39 Å². The lowest BCUT2D eigenvalue weighted by atomic mass is 9.96. The lowest BCUT2D eigenvalue weighted by molar-refractivity contribution is 0.176. The molecular weight excluding hydrogens is 385 g/mol. The van der Waals surface area contributed by atoms with Crippen molar-refractivity contribution in [3.05, 3.63) is 51.2 Å². The number of hydrogen-bond acceptors (Lipinski definition) is 4. The van der Waals surface area contributed by atoms with Crippen molar-refractivity contribution in [2.24, 2.45) is 10.9 Å². The van der Waals surface area contributed by atoms with Gasteiger partial charge >= 0.3 is 0 Å². The average molecular weight is 418 g/mol. The molecule has 0 unspecified atom stereocenters. The van der Waals surface area contributed by atoms with Gasteiger partial charge in [0.1, 0.15) is 5.82 Å². The number of aryl methyl sites for hydroxylation is 2. The van der Waals surface area contributed by atoms with Crippen molar-refractivity contribution in [2.75, 3.05) is 33.2 Å². The van der Waals surface area contributed by atoms with Gasteiger partial charge in [-0.3, -0.25) is 9.89 Å². The molecule has 1 aromatic heterocycles. The molecule has 7 heteroatoms. The molecule has 0 saturated carbocycles. The number of nitrogens with one attached hydrogen (secondary N) is 2. The van der Waals surface area contributed by atoms with Crippen molar-refractivity contribution >= 4 is 17.3 Å². The summed E-state index contributed by atoms with van der Waals surface area (Å²) in [5, 5.41) is 8.02. The summed E-state index contributed by atoms with van der Waals surface area (Å²) in [5.74, 6) is 1.37. The number of thiazole rings is 1. The maximum Gasteiger partial charge on any atom is 0.190 e. The largest absolute Gasteiger partial charge is 0.356 e. The molecule has 1 saturated heterocycles. The van der Waals surface area contributed by atoms with Crippen LogP contribution in [0.25, 0.3) is 0 Å². The summed E-state index contributed by atoms with van der Waals surface area (Å²) in [7, 11) is 1.81. The van der Waals surface area contributed by atoms with E-state index in [4.69, 9.17) is 0 Å². The fourth-order valence-electron chi connectivity index (χ4n) is 3.61. The highest BCUT2D eigenvalue weighted by atomic mass is 32.1. The van der Waals surface area contributed by atoms with E-state index in [2.05, 4.69) is 39.4 Å². The predicted molar refractivity (Wildman–Crippen MR) is 119 cm³/mol. The maximum absolute atomic E-state index is 13.8. The number of piperidine rings is 1. The lowest BCUT2D eigenvalue weighted by Gasteiger charge is -2.32. The van der Waals surface area contributed by atoms with Crippen LogP contribution in [0.4, 0.5) is 4.39 Å². The first-order chi connectivity index (χ1) is 14.0. The van der Waals surface area contributed by atoms with E-state index in [0.29, 0.717) is 12.5 Å². The van der Waals surface area contributed by atoms with Crippen LogP contribution in [-0.4, -0.2) is 49.1 Å². The fraction of sp³-hybridized carbons (Fsp3) is 0.545. The van der Waals surface area contributed by atoms with Gasteiger partial charge in [-0.25, -0.2) is 9.37 Å². The number of nitrogens with zero attached hydrogens (tertiary/aromatic N) is 3. The first-order valence-electron chi connectivity index (χ1n) is 10.4. The number of hydrogen-bond donors (Lipinski definition) is 2. The topological polar surface area (TPSA) is 52.6 Å². The Kier molecular flexibility index (Phi) is 8.00. The zero-order valence-electron chi connectivity index (χ0n) is 17.7. The van der Waals surface area contributed by atoms with Gasteiger partial charge in [-0.15, -0.1) is 11.3 Å². The van der Waals surface area contributed by atoms with E-state index in [-0.39, 0.29) is 5.82 Å². The Bertz CT molecular complexity index is 792. The summed E-state index contributed by atoms with van der Waals surface area (Å²) in [5.41, 5.74) is 1.92. The number of aromatic nitrogens is 1. The molecule has 0 atom stereocenters. The summed E-state index contributed by atoms with van der Waals surface area (Å²) in [6.07, 6.45) is 3.15. The minimum Gasteiger partial charge on any atom is -0.356 e. The average Bonchev–Trinajstić information content (AvgIpc) is 3.04. The predicted octanol–water partition coefficient (Wildman–Crippen LogP) is 3.52. The van der Waals surface area contributed by atoms with Gasteiger partial charge in [0.05, 0.1) is 10.7 Å². The van der Waals surface area contributed by atoms with Crippen molar-refractivity contribution in [1.29, 1.82) is 0 Å². The summed E-state index contributed by atoms with van der Waals surface area (Å²) < 4.78 is 13.8. The number of rotatable bonds is 7. The van der Waals surface area contributed by atoms with Gasteiger partial charge in [0, 0.05) is 43.5 Å². The molecular formula is C22H32FN5S. The zero-order valence-corrected chi connectivity index (χ0v) is 18.5. The molecule has 2 N–H and O–H groups in total. The molecule has 1 fully saturated rings. The molecule has 158 valence electrons. The van der Waals surface area contributed by atoms with Crippen molar-refractivity contribution in [3.8, 4) is 0 Å². The zero-order chi connectivity index (χ0) is 20.6. The smallest absolute Gasteiger partial charge is 0.190 e. The van der Waals surface area contributed by atoms with Crippen LogP contribution >= 0.6 is 11.3 Å². The summed E-state index contributed by atoms with van der Waals surface area (Å²) >= 11 is 1.77. The Morgan fingerprint density at radius 2 is 2.00 bits per heavy atom. The molecule has 1 aromatic carbocycles. The third-order valence-electron chi connectivity index (χ3n) is 5.54. The number of likely N-dealkylation sites (tertiary alicyclic amines) is 1. The monoisotopic (exact) mass is 417 g/mol. The fourth-order valence-corrected chi connectivity index (χ4v) is 4.55. The van der Waals surface area contributed by atoms with Crippen LogP contribution in [0.2, 0.25) is 0 Å². The van der Waals surface area contributed by atoms with E-state index in [1.165, 1.54) is 9.88 Å². The van der Waals surface area contributed by atoms with E-state index in [1.807, 2.05) is 19.2 Å². The van der Waals surface area contributed by atoms with Crippen LogP contribution in [0, 0.1) is 25.6 Å². The quantitative estimate of drug-likeness (QED) is 0.535. The summed E-state index contributed by atoms with van der Waals surface area (Å²) in [6, 6.07) is 7.08. The van der Waals surface area contributed by atoms with Gasteiger partial charge in [0.15, 0.2) is 5.96 Å². The van der Waals surface area contributed by atoms with Crippen LogP contribution in [0.3, 0.4) is 0 Å². The van der Waals surface area contributed by atoms with E-state index in [0.717, 1.165) is 62.7 Å². The molecule has 0 bridgehead atoms. The van der Waals surface area contributed by atoms with Crippen molar-refractivity contribution in [3.63, 3.8) is 0 Å². The van der Waals surface area contributed by atoms with Gasteiger partial charge in [-0.05, 0) is 51.8 Å². The second-order valence-electron chi connectivity index (χ2n) is 7.69. The highest BCUT2D eigenvalue weighted by Crippen LogP contribution is 2.19. The molecule has 1 aliphatic heterocycles. The maximum atomic E-state index is 13.8. The molecule has 0 spiro atoms. The Balaban J connectivity index is 1.34. The Hall–Kier alpha value is -1.99. The highest BCUT2D eigenvalue weighted by molar-refractivity contribution is 7.11. The van der Waals surface area contributed by atoms with Gasteiger partial charge in [0.25, 0.3) is 0 Å². The van der Waals surface area contributed by atoms with Crippen molar-refractivity contribution in [2.45, 2.75) is 39.7 Å². The van der Waals surface area contributed by atoms with Gasteiger partial charge in [-0.2, -0.15) is 0 Å². The molecule has 0 amide bonds. The molecule has 2 aromatic rings. The number of aliphatic imine (C=N–C) groups is 1. The standard InChI is InChI=1S/C22H32FN5S/c1-16-17(2)29-21(27-16)8-11-25-22(24-3)26-14-18-9-12-28(13-10-18)15-19-6-4-5-7-20(19)23/h4-7,18H,8-15H2,1-3H3,(H2,24,25,26). The molecule has 0 radical (unpaired) electrons. The third kappa shape index (κ3) is 6.51. The van der Waals surface area contributed by atoms with Crippen LogP contribution in [0.15, 0.2) is 29.3 Å². The number of halogens is 1. The van der Waals surface area contributed by atoms with Crippen LogP contribution in [-0.2, 0) is 13.0 Å². The van der Waals surface area contributed by atoms with Crippen LogP contribution in [0.5, 0.6) is 0 Å². The first-order valence-corrected chi connectivity index (χ1v) is 11.2. The van der Waals surface area contributed by atoms with Crippen LogP contribution < -0.4 is 10.6 Å². The first kappa shape index (κ1) is 21.7. The Morgan fingerprint density at radius 3 is 2.66 bits per heavy atom. The Labute approximate surface area is 177 Å². The second kappa shape index (κ2) is 10.7. The SMILES string of the molecule is CN=C(NCCc1nc(C)c(C)s1)NCC1CCN(Cc2ccccc2F)CC1. The molecule has 2 heterocycles. The third-order valence-corrected chi connectivity index (χ3v) is 6.68. The second-order valence-corrected chi connectivity index (χ2v) is 8.98. The van der Waals surface area contributed by atoms with Gasteiger partial charge in [0.2, 0.25) is 0 Å². The molecule has 29 heavy (non-hydrogen) atoms. The molecule has 0 aliphatic carbocycles. The Morgan fingerprint density at radius 1 is 1.24 bits per heavy atom. The minimum atomic E-state index is -0.103. The van der Waals surface area contributed by atoms with E-state index >= 15 is 0 Å².